The molecule has 0 aliphatic heterocycles. The molecule has 0 amide bonds. The normalized spacial score (nSPS) is 12.2. The molecule has 0 aliphatic rings. The fourth-order valence-corrected chi connectivity index (χ4v) is 1.85. The van der Waals surface area contributed by atoms with Gasteiger partial charge in [0.25, 0.3) is 0 Å². The number of ether oxygens (including phenoxy) is 2. The third-order valence-corrected chi connectivity index (χ3v) is 2.89. The molecular weight excluding hydrogens is 252 g/mol. The van der Waals surface area contributed by atoms with Crippen LogP contribution in [0.1, 0.15) is 46.6 Å². The van der Waals surface area contributed by atoms with Gasteiger partial charge in [0.1, 0.15) is 5.60 Å². The average molecular weight is 278 g/mol. The Morgan fingerprint density at radius 1 is 1.05 bits per heavy atom. The van der Waals surface area contributed by atoms with E-state index in [0.29, 0.717) is 19.6 Å². The summed E-state index contributed by atoms with van der Waals surface area (Å²) >= 11 is 0. The maximum atomic E-state index is 11.6. The lowest BCUT2D eigenvalue weighted by Crippen LogP contribution is -2.27. The van der Waals surface area contributed by atoms with Crippen LogP contribution in [0.15, 0.2) is 30.3 Å². The van der Waals surface area contributed by atoms with Crippen LogP contribution in [0.2, 0.25) is 0 Å². The van der Waals surface area contributed by atoms with Crippen molar-refractivity contribution in [2.24, 2.45) is 0 Å². The van der Waals surface area contributed by atoms with E-state index < -0.39 is 5.60 Å². The van der Waals surface area contributed by atoms with Crippen molar-refractivity contribution in [3.05, 3.63) is 35.9 Å². The predicted octanol–water partition coefficient (Wildman–Crippen LogP) is 3.71. The molecule has 0 saturated carbocycles. The standard InChI is InChI=1S/C17H26O3/c1-16(2,3)20-15(18)11-12-19-13-17(4,5)14-9-7-6-8-10-14/h6-10H,11-13H2,1-5H3. The van der Waals surface area contributed by atoms with E-state index in [9.17, 15) is 4.79 Å². The molecule has 3 nitrogen and oxygen atoms in total. The molecule has 0 saturated heterocycles. The SMILES string of the molecule is CC(C)(C)OC(=O)CCOCC(C)(C)c1ccccc1. The Labute approximate surface area is 122 Å². The maximum Gasteiger partial charge on any atom is 0.308 e. The van der Waals surface area contributed by atoms with Gasteiger partial charge in [-0.1, -0.05) is 44.2 Å². The van der Waals surface area contributed by atoms with E-state index >= 15 is 0 Å². The lowest BCUT2D eigenvalue weighted by molar-refractivity contribution is -0.156. The summed E-state index contributed by atoms with van der Waals surface area (Å²) in [6, 6.07) is 10.2. The van der Waals surface area contributed by atoms with Crippen molar-refractivity contribution in [2.75, 3.05) is 13.2 Å². The van der Waals surface area contributed by atoms with Crippen LogP contribution in [-0.4, -0.2) is 24.8 Å². The zero-order valence-electron chi connectivity index (χ0n) is 13.2. The first-order valence-electron chi connectivity index (χ1n) is 7.06. The zero-order chi connectivity index (χ0) is 15.2. The van der Waals surface area contributed by atoms with Crippen LogP contribution in [0, 0.1) is 0 Å². The number of esters is 1. The highest BCUT2D eigenvalue weighted by Crippen LogP contribution is 2.23. The summed E-state index contributed by atoms with van der Waals surface area (Å²) in [5.74, 6) is -0.213. The van der Waals surface area contributed by atoms with Crippen molar-refractivity contribution in [3.63, 3.8) is 0 Å². The van der Waals surface area contributed by atoms with Gasteiger partial charge in [-0.2, -0.15) is 0 Å². The van der Waals surface area contributed by atoms with Gasteiger partial charge < -0.3 is 9.47 Å². The highest BCUT2D eigenvalue weighted by atomic mass is 16.6. The van der Waals surface area contributed by atoms with Crippen LogP contribution < -0.4 is 0 Å². The maximum absolute atomic E-state index is 11.6. The van der Waals surface area contributed by atoms with E-state index in [1.165, 1.54) is 5.56 Å². The van der Waals surface area contributed by atoms with Crippen molar-refractivity contribution in [1.82, 2.24) is 0 Å². The predicted molar refractivity (Wildman–Crippen MR) is 80.7 cm³/mol. The van der Waals surface area contributed by atoms with E-state index in [2.05, 4.69) is 26.0 Å². The van der Waals surface area contributed by atoms with Crippen LogP contribution in [-0.2, 0) is 19.7 Å². The molecule has 0 unspecified atom stereocenters. The number of carbonyl (C=O) groups is 1. The van der Waals surface area contributed by atoms with Crippen LogP contribution in [0.5, 0.6) is 0 Å². The molecular formula is C17H26O3. The summed E-state index contributed by atoms with van der Waals surface area (Å²) in [5.41, 5.74) is 0.743. The summed E-state index contributed by atoms with van der Waals surface area (Å²) in [4.78, 5) is 11.6. The molecule has 1 aromatic rings. The van der Waals surface area contributed by atoms with Crippen molar-refractivity contribution in [1.29, 1.82) is 0 Å². The van der Waals surface area contributed by atoms with Crippen LogP contribution >= 0.6 is 0 Å². The number of benzene rings is 1. The molecule has 0 N–H and O–H groups in total. The van der Waals surface area contributed by atoms with E-state index in [4.69, 9.17) is 9.47 Å². The third kappa shape index (κ3) is 6.20. The topological polar surface area (TPSA) is 35.5 Å². The lowest BCUT2D eigenvalue weighted by Gasteiger charge is -2.25. The highest BCUT2D eigenvalue weighted by Gasteiger charge is 2.21. The molecule has 112 valence electrons. The number of carbonyl (C=O) groups excluding carboxylic acids is 1. The number of rotatable bonds is 6. The van der Waals surface area contributed by atoms with Crippen LogP contribution in [0.3, 0.4) is 0 Å². The van der Waals surface area contributed by atoms with Gasteiger partial charge in [0.05, 0.1) is 19.6 Å². The molecule has 1 rings (SSSR count). The molecule has 3 heteroatoms. The Bertz CT molecular complexity index is 416. The Morgan fingerprint density at radius 3 is 2.20 bits per heavy atom. The van der Waals surface area contributed by atoms with Crippen LogP contribution in [0.25, 0.3) is 0 Å². The molecule has 0 bridgehead atoms. The summed E-state index contributed by atoms with van der Waals surface area (Å²) in [5, 5.41) is 0. The van der Waals surface area contributed by atoms with Crippen molar-refractivity contribution in [2.45, 2.75) is 52.1 Å². The Morgan fingerprint density at radius 2 is 1.65 bits per heavy atom. The van der Waals surface area contributed by atoms with E-state index in [-0.39, 0.29) is 11.4 Å². The number of hydrogen-bond acceptors (Lipinski definition) is 3. The average Bonchev–Trinajstić information content (AvgIpc) is 2.34. The molecule has 0 aliphatic carbocycles. The Balaban J connectivity index is 2.32. The quantitative estimate of drug-likeness (QED) is 0.588. The molecule has 0 radical (unpaired) electrons. The van der Waals surface area contributed by atoms with Crippen molar-refractivity contribution >= 4 is 5.97 Å². The Hall–Kier alpha value is -1.35. The second-order valence-corrected chi connectivity index (χ2v) is 6.64. The molecule has 0 heterocycles. The molecule has 20 heavy (non-hydrogen) atoms. The second kappa shape index (κ2) is 6.89. The highest BCUT2D eigenvalue weighted by molar-refractivity contribution is 5.69. The lowest BCUT2D eigenvalue weighted by atomic mass is 9.86. The summed E-state index contributed by atoms with van der Waals surface area (Å²) in [6.45, 7) is 10.8. The molecule has 0 atom stereocenters. The zero-order valence-corrected chi connectivity index (χ0v) is 13.2. The summed E-state index contributed by atoms with van der Waals surface area (Å²) < 4.78 is 10.9. The monoisotopic (exact) mass is 278 g/mol. The third-order valence-electron chi connectivity index (χ3n) is 2.89. The first-order valence-corrected chi connectivity index (χ1v) is 7.06. The van der Waals surface area contributed by atoms with Gasteiger partial charge in [-0.05, 0) is 26.3 Å². The molecule has 1 aromatic carbocycles. The van der Waals surface area contributed by atoms with E-state index in [1.807, 2.05) is 39.0 Å². The minimum Gasteiger partial charge on any atom is -0.460 e. The molecule has 0 spiro atoms. The van der Waals surface area contributed by atoms with Gasteiger partial charge in [-0.25, -0.2) is 0 Å². The van der Waals surface area contributed by atoms with Gasteiger partial charge >= 0.3 is 5.97 Å². The van der Waals surface area contributed by atoms with Crippen LogP contribution in [0.4, 0.5) is 0 Å². The first kappa shape index (κ1) is 16.7. The van der Waals surface area contributed by atoms with E-state index in [1.54, 1.807) is 0 Å². The van der Waals surface area contributed by atoms with Crippen molar-refractivity contribution in [3.8, 4) is 0 Å². The smallest absolute Gasteiger partial charge is 0.308 e. The van der Waals surface area contributed by atoms with Gasteiger partial charge in [0.2, 0.25) is 0 Å². The van der Waals surface area contributed by atoms with Gasteiger partial charge in [-0.3, -0.25) is 4.79 Å². The minimum absolute atomic E-state index is 0.0603. The summed E-state index contributed by atoms with van der Waals surface area (Å²) in [7, 11) is 0. The fourth-order valence-electron chi connectivity index (χ4n) is 1.85. The summed E-state index contributed by atoms with van der Waals surface area (Å²) in [6.07, 6.45) is 0.294. The number of hydrogen-bond donors (Lipinski definition) is 0. The Kier molecular flexibility index (Phi) is 5.75. The first-order chi connectivity index (χ1) is 9.21. The fraction of sp³-hybridized carbons (Fsp3) is 0.588. The van der Waals surface area contributed by atoms with Gasteiger partial charge in [-0.15, -0.1) is 0 Å². The second-order valence-electron chi connectivity index (χ2n) is 6.64. The van der Waals surface area contributed by atoms with Crippen molar-refractivity contribution < 1.29 is 14.3 Å². The largest absolute Gasteiger partial charge is 0.460 e. The molecule has 0 fully saturated rings. The van der Waals surface area contributed by atoms with Gasteiger partial charge in [0, 0.05) is 5.41 Å². The van der Waals surface area contributed by atoms with Gasteiger partial charge in [0.15, 0.2) is 0 Å². The minimum atomic E-state index is -0.430. The van der Waals surface area contributed by atoms with E-state index in [0.717, 1.165) is 0 Å². The molecule has 0 aromatic heterocycles.